The summed E-state index contributed by atoms with van der Waals surface area (Å²) in [4.78, 5) is 28.6. The van der Waals surface area contributed by atoms with Crippen LogP contribution in [0.2, 0.25) is 0 Å². The van der Waals surface area contributed by atoms with Crippen LogP contribution in [0.15, 0.2) is 41.2 Å². The monoisotopic (exact) mass is 469 g/mol. The van der Waals surface area contributed by atoms with Crippen molar-refractivity contribution in [1.82, 2.24) is 14.5 Å². The van der Waals surface area contributed by atoms with E-state index in [-0.39, 0.29) is 23.6 Å². The van der Waals surface area contributed by atoms with Gasteiger partial charge in [-0.1, -0.05) is 6.07 Å². The van der Waals surface area contributed by atoms with Gasteiger partial charge in [0, 0.05) is 31.7 Å². The minimum absolute atomic E-state index is 0.0737. The lowest BCUT2D eigenvalue weighted by atomic mass is 10.0. The highest BCUT2D eigenvalue weighted by Crippen LogP contribution is 2.31. The first-order valence-electron chi connectivity index (χ1n) is 11.6. The summed E-state index contributed by atoms with van der Waals surface area (Å²) < 4.78 is 18.1. The molecule has 0 atom stereocenters. The van der Waals surface area contributed by atoms with Gasteiger partial charge in [0.1, 0.15) is 5.75 Å². The van der Waals surface area contributed by atoms with Crippen LogP contribution in [-0.2, 0) is 6.54 Å². The third-order valence-electron chi connectivity index (χ3n) is 5.89. The average Bonchev–Trinajstić information content (AvgIpc) is 3.10. The summed E-state index contributed by atoms with van der Waals surface area (Å²) in [5.41, 5.74) is 2.29. The number of nitrogens with one attached hydrogen (secondary N) is 1. The smallest absolute Gasteiger partial charge is 0.490 e. The number of likely N-dealkylation sites (tertiary alicyclic amines) is 1. The molecule has 2 N–H and O–H groups in total. The lowest BCUT2D eigenvalue weighted by molar-refractivity contribution is 0.144. The Morgan fingerprint density at radius 3 is 2.59 bits per heavy atom. The number of aromatic amines is 1. The number of aromatic nitrogens is 2. The number of fused-ring (bicyclic) bond motifs is 1. The lowest BCUT2D eigenvalue weighted by Crippen LogP contribution is -2.36. The number of piperidine rings is 1. The number of hydrogen-bond donors (Lipinski definition) is 2. The van der Waals surface area contributed by atoms with Gasteiger partial charge >= 0.3 is 11.8 Å². The highest BCUT2D eigenvalue weighted by atomic mass is 16.7. The van der Waals surface area contributed by atoms with E-state index in [0.717, 1.165) is 55.1 Å². The van der Waals surface area contributed by atoms with Crippen molar-refractivity contribution in [3.05, 3.63) is 52.4 Å². The molecule has 1 aromatic heterocycles. The van der Waals surface area contributed by atoms with Crippen molar-refractivity contribution < 1.29 is 24.1 Å². The Kier molecular flexibility index (Phi) is 7.12. The molecule has 0 spiro atoms. The highest BCUT2D eigenvalue weighted by Gasteiger charge is 2.24. The van der Waals surface area contributed by atoms with Gasteiger partial charge in [0.25, 0.3) is 0 Å². The number of benzene rings is 2. The molecule has 0 unspecified atom stereocenters. The van der Waals surface area contributed by atoms with Crippen LogP contribution in [0.1, 0.15) is 45.2 Å². The van der Waals surface area contributed by atoms with Crippen LogP contribution in [0, 0.1) is 0 Å². The molecule has 34 heavy (non-hydrogen) atoms. The molecule has 0 radical (unpaired) electrons. The fourth-order valence-corrected chi connectivity index (χ4v) is 4.50. The molecule has 2 heterocycles. The molecule has 1 fully saturated rings. The van der Waals surface area contributed by atoms with Gasteiger partial charge in [-0.05, 0) is 63.4 Å². The molecule has 2 aromatic carbocycles. The van der Waals surface area contributed by atoms with Gasteiger partial charge in [-0.25, -0.2) is 9.59 Å². The number of ether oxygens (including phenoxy) is 3. The van der Waals surface area contributed by atoms with E-state index in [1.807, 2.05) is 32.9 Å². The van der Waals surface area contributed by atoms with Crippen LogP contribution >= 0.6 is 0 Å². The number of H-pyrrole nitrogens is 1. The minimum Gasteiger partial charge on any atom is -0.490 e. The second kappa shape index (κ2) is 10.2. The van der Waals surface area contributed by atoms with Gasteiger partial charge in [0.15, 0.2) is 11.5 Å². The molecule has 0 bridgehead atoms. The molecular formula is C25H31N3O6. The Balaban J connectivity index is 1.43. The SMILES string of the molecule is CCOc1cc(CN2CCC(n3c(=O)[nH]c4cc(OC(=O)O)ccc43)CC2)ccc1OC(C)C. The maximum absolute atomic E-state index is 12.7. The Bertz CT molecular complexity index is 1210. The van der Waals surface area contributed by atoms with Crippen LogP contribution in [0.5, 0.6) is 17.2 Å². The van der Waals surface area contributed by atoms with E-state index in [9.17, 15) is 9.59 Å². The summed E-state index contributed by atoms with van der Waals surface area (Å²) in [5, 5.41) is 8.81. The van der Waals surface area contributed by atoms with Gasteiger partial charge < -0.3 is 24.3 Å². The van der Waals surface area contributed by atoms with E-state index >= 15 is 0 Å². The standard InChI is InChI=1S/C25H31N3O6/c1-4-32-23-13-17(5-8-22(23)33-16(2)3)15-27-11-9-18(10-12-27)28-21-7-6-19(34-25(30)31)14-20(21)26-24(28)29/h5-8,13-14,16,18H,4,9-12,15H2,1-3H3,(H,26,29)(H,30,31). The van der Waals surface area contributed by atoms with Crippen molar-refractivity contribution in [3.8, 4) is 17.2 Å². The summed E-state index contributed by atoms with van der Waals surface area (Å²) in [5.74, 6) is 1.70. The molecule has 4 rings (SSSR count). The fourth-order valence-electron chi connectivity index (χ4n) is 4.50. The van der Waals surface area contributed by atoms with Gasteiger partial charge in [0.05, 0.1) is 23.7 Å². The number of carboxylic acid groups (broad SMARTS) is 1. The maximum Gasteiger partial charge on any atom is 0.511 e. The minimum atomic E-state index is -1.39. The normalized spacial score (nSPS) is 15.1. The van der Waals surface area contributed by atoms with Gasteiger partial charge in [-0.3, -0.25) is 9.47 Å². The second-order valence-corrected chi connectivity index (χ2v) is 8.74. The number of hydrogen-bond acceptors (Lipinski definition) is 6. The summed E-state index contributed by atoms with van der Waals surface area (Å²) in [6.07, 6.45) is 0.373. The lowest BCUT2D eigenvalue weighted by Gasteiger charge is -2.32. The molecule has 1 saturated heterocycles. The second-order valence-electron chi connectivity index (χ2n) is 8.74. The van der Waals surface area contributed by atoms with E-state index < -0.39 is 6.16 Å². The van der Waals surface area contributed by atoms with Crippen molar-refractivity contribution in [2.24, 2.45) is 0 Å². The predicted octanol–water partition coefficient (Wildman–Crippen LogP) is 4.41. The Labute approximate surface area is 197 Å². The third-order valence-corrected chi connectivity index (χ3v) is 5.89. The zero-order valence-electron chi connectivity index (χ0n) is 19.7. The van der Waals surface area contributed by atoms with Gasteiger partial charge in [0.2, 0.25) is 0 Å². The Morgan fingerprint density at radius 2 is 1.91 bits per heavy atom. The van der Waals surface area contributed by atoms with Crippen LogP contribution in [0.4, 0.5) is 4.79 Å². The number of imidazole rings is 1. The van der Waals surface area contributed by atoms with E-state index in [1.165, 1.54) is 0 Å². The molecule has 9 nitrogen and oxygen atoms in total. The maximum atomic E-state index is 12.7. The summed E-state index contributed by atoms with van der Waals surface area (Å²) in [7, 11) is 0. The first-order valence-corrected chi connectivity index (χ1v) is 11.6. The largest absolute Gasteiger partial charge is 0.511 e. The van der Waals surface area contributed by atoms with Crippen LogP contribution < -0.4 is 19.9 Å². The zero-order chi connectivity index (χ0) is 24.2. The van der Waals surface area contributed by atoms with E-state index in [2.05, 4.69) is 16.0 Å². The quantitative estimate of drug-likeness (QED) is 0.372. The average molecular weight is 470 g/mol. The summed E-state index contributed by atoms with van der Waals surface area (Å²) >= 11 is 0. The Morgan fingerprint density at radius 1 is 1.15 bits per heavy atom. The summed E-state index contributed by atoms with van der Waals surface area (Å²) in [6.45, 7) is 9.05. The first kappa shape index (κ1) is 23.7. The van der Waals surface area contributed by atoms with Crippen molar-refractivity contribution in [3.63, 3.8) is 0 Å². The molecule has 0 aliphatic carbocycles. The van der Waals surface area contributed by atoms with Crippen molar-refractivity contribution >= 4 is 17.2 Å². The molecule has 3 aromatic rings. The fraction of sp³-hybridized carbons (Fsp3) is 0.440. The first-order chi connectivity index (χ1) is 16.3. The highest BCUT2D eigenvalue weighted by molar-refractivity contribution is 5.78. The molecule has 9 heteroatoms. The van der Waals surface area contributed by atoms with Crippen LogP contribution in [0.3, 0.4) is 0 Å². The van der Waals surface area contributed by atoms with Crippen LogP contribution in [0.25, 0.3) is 11.0 Å². The molecule has 1 aliphatic heterocycles. The van der Waals surface area contributed by atoms with Gasteiger partial charge in [-0.15, -0.1) is 0 Å². The molecule has 0 amide bonds. The van der Waals surface area contributed by atoms with Crippen molar-refractivity contribution in [2.75, 3.05) is 19.7 Å². The zero-order valence-corrected chi connectivity index (χ0v) is 19.7. The number of rotatable bonds is 8. The molecule has 0 saturated carbocycles. The van der Waals surface area contributed by atoms with Crippen molar-refractivity contribution in [1.29, 1.82) is 0 Å². The predicted molar refractivity (Wildman–Crippen MR) is 128 cm³/mol. The van der Waals surface area contributed by atoms with E-state index in [0.29, 0.717) is 12.1 Å². The van der Waals surface area contributed by atoms with Crippen LogP contribution in [-0.4, -0.2) is 51.5 Å². The Hall–Kier alpha value is -3.46. The summed E-state index contributed by atoms with van der Waals surface area (Å²) in [6, 6.07) is 11.0. The molecule has 182 valence electrons. The molecule has 1 aliphatic rings. The van der Waals surface area contributed by atoms with E-state index in [1.54, 1.807) is 22.8 Å². The number of carbonyl (C=O) groups is 1. The number of nitrogens with zero attached hydrogens (tertiary/aromatic N) is 2. The molecular weight excluding hydrogens is 438 g/mol. The third kappa shape index (κ3) is 5.36. The van der Waals surface area contributed by atoms with E-state index in [4.69, 9.17) is 19.3 Å². The van der Waals surface area contributed by atoms with Crippen molar-refractivity contribution in [2.45, 2.75) is 52.3 Å². The van der Waals surface area contributed by atoms with Gasteiger partial charge in [-0.2, -0.15) is 0 Å². The topological polar surface area (TPSA) is 106 Å².